The average Bonchev–Trinajstić information content (AvgIpc) is 2.42. The molecule has 1 aromatic carbocycles. The maximum absolute atomic E-state index is 11.1. The summed E-state index contributed by atoms with van der Waals surface area (Å²) >= 11 is 0. The normalized spacial score (nSPS) is 10.0. The summed E-state index contributed by atoms with van der Waals surface area (Å²) in [6, 6.07) is 13.0. The Morgan fingerprint density at radius 3 is 2.56 bits per heavy atom. The number of hydrogen-bond acceptors (Lipinski definition) is 3. The molecular weight excluding hydrogens is 226 g/mol. The highest BCUT2D eigenvalue weighted by Gasteiger charge is 2.05. The van der Waals surface area contributed by atoms with Gasteiger partial charge in [0.2, 0.25) is 6.41 Å². The van der Waals surface area contributed by atoms with Crippen molar-refractivity contribution in [3.63, 3.8) is 0 Å². The van der Waals surface area contributed by atoms with Crippen LogP contribution in [0.1, 0.15) is 5.69 Å². The van der Waals surface area contributed by atoms with Crippen molar-refractivity contribution in [3.8, 4) is 0 Å². The van der Waals surface area contributed by atoms with E-state index in [1.165, 1.54) is 0 Å². The van der Waals surface area contributed by atoms with Crippen LogP contribution in [0.15, 0.2) is 48.7 Å². The lowest BCUT2D eigenvalue weighted by Crippen LogP contribution is -2.24. The Kier molecular flexibility index (Phi) is 3.91. The van der Waals surface area contributed by atoms with E-state index in [4.69, 9.17) is 5.73 Å². The molecule has 0 fully saturated rings. The van der Waals surface area contributed by atoms with Crippen molar-refractivity contribution in [3.05, 3.63) is 54.4 Å². The number of nitrogens with two attached hydrogens (primary N) is 1. The zero-order valence-electron chi connectivity index (χ0n) is 9.99. The molecule has 0 aliphatic carbocycles. The summed E-state index contributed by atoms with van der Waals surface area (Å²) in [7, 11) is 0. The molecule has 0 atom stereocenters. The Morgan fingerprint density at radius 2 is 1.94 bits per heavy atom. The highest BCUT2D eigenvalue weighted by Crippen LogP contribution is 2.15. The van der Waals surface area contributed by atoms with Gasteiger partial charge in [0.25, 0.3) is 0 Å². The number of hydrogen-bond donors (Lipinski definition) is 1. The van der Waals surface area contributed by atoms with Gasteiger partial charge in [0, 0.05) is 36.2 Å². The molecule has 0 saturated carbocycles. The third kappa shape index (κ3) is 3.07. The summed E-state index contributed by atoms with van der Waals surface area (Å²) in [5.74, 6) is 0. The molecule has 2 aromatic rings. The average molecular weight is 241 g/mol. The van der Waals surface area contributed by atoms with E-state index in [1.807, 2.05) is 30.3 Å². The monoisotopic (exact) mass is 241 g/mol. The van der Waals surface area contributed by atoms with Gasteiger partial charge in [-0.2, -0.15) is 0 Å². The van der Waals surface area contributed by atoms with Crippen molar-refractivity contribution in [1.82, 2.24) is 4.98 Å². The molecule has 0 saturated heterocycles. The second kappa shape index (κ2) is 5.82. The molecule has 0 spiro atoms. The molecule has 18 heavy (non-hydrogen) atoms. The van der Waals surface area contributed by atoms with Crippen molar-refractivity contribution in [2.75, 3.05) is 17.2 Å². The van der Waals surface area contributed by atoms with E-state index in [1.54, 1.807) is 23.2 Å². The fraction of sp³-hybridized carbons (Fsp3) is 0.143. The number of pyridine rings is 1. The minimum Gasteiger partial charge on any atom is -0.399 e. The molecular formula is C14H15N3O. The van der Waals surface area contributed by atoms with Crippen LogP contribution in [-0.2, 0) is 11.2 Å². The van der Waals surface area contributed by atoms with Crippen LogP contribution in [0.5, 0.6) is 0 Å². The molecule has 2 N–H and O–H groups in total. The summed E-state index contributed by atoms with van der Waals surface area (Å²) in [5.41, 5.74) is 8.12. The second-order valence-electron chi connectivity index (χ2n) is 3.96. The predicted octanol–water partition coefficient (Wildman–Crippen LogP) is 1.87. The number of aromatic nitrogens is 1. The van der Waals surface area contributed by atoms with Crippen molar-refractivity contribution in [1.29, 1.82) is 0 Å². The molecule has 0 radical (unpaired) electrons. The van der Waals surface area contributed by atoms with Gasteiger partial charge < -0.3 is 10.6 Å². The molecule has 4 nitrogen and oxygen atoms in total. The Hall–Kier alpha value is -2.36. The smallest absolute Gasteiger partial charge is 0.214 e. The quantitative estimate of drug-likeness (QED) is 0.642. The number of benzene rings is 1. The molecule has 1 amide bonds. The first-order chi connectivity index (χ1) is 8.79. The molecule has 0 unspecified atom stereocenters. The molecule has 0 bridgehead atoms. The van der Waals surface area contributed by atoms with Crippen LogP contribution in [0.2, 0.25) is 0 Å². The highest BCUT2D eigenvalue weighted by molar-refractivity contribution is 5.75. The standard InChI is InChI=1S/C14H15N3O/c15-12-4-6-14(7-5-12)17(11-18)10-8-13-3-1-2-9-16-13/h1-7,9,11H,8,10,15H2. The van der Waals surface area contributed by atoms with Crippen LogP contribution in [0.25, 0.3) is 0 Å². The van der Waals surface area contributed by atoms with Crippen LogP contribution in [0.4, 0.5) is 11.4 Å². The highest BCUT2D eigenvalue weighted by atomic mass is 16.1. The number of carbonyl (C=O) groups excluding carboxylic acids is 1. The van der Waals surface area contributed by atoms with Crippen LogP contribution in [0.3, 0.4) is 0 Å². The van der Waals surface area contributed by atoms with Gasteiger partial charge in [0.1, 0.15) is 0 Å². The molecule has 2 rings (SSSR count). The van der Waals surface area contributed by atoms with Gasteiger partial charge in [0.05, 0.1) is 0 Å². The zero-order chi connectivity index (χ0) is 12.8. The van der Waals surface area contributed by atoms with Gasteiger partial charge in [-0.15, -0.1) is 0 Å². The number of carbonyl (C=O) groups is 1. The number of nitrogen functional groups attached to an aromatic ring is 1. The van der Waals surface area contributed by atoms with E-state index >= 15 is 0 Å². The molecule has 4 heteroatoms. The fourth-order valence-corrected chi connectivity index (χ4v) is 1.69. The lowest BCUT2D eigenvalue weighted by Gasteiger charge is -2.17. The lowest BCUT2D eigenvalue weighted by molar-refractivity contribution is -0.107. The Morgan fingerprint density at radius 1 is 1.17 bits per heavy atom. The summed E-state index contributed by atoms with van der Waals surface area (Å²) < 4.78 is 0. The van der Waals surface area contributed by atoms with Crippen molar-refractivity contribution < 1.29 is 4.79 Å². The molecule has 0 aliphatic rings. The fourth-order valence-electron chi connectivity index (χ4n) is 1.69. The van der Waals surface area contributed by atoms with E-state index in [0.29, 0.717) is 12.2 Å². The van der Waals surface area contributed by atoms with Crippen molar-refractivity contribution in [2.45, 2.75) is 6.42 Å². The van der Waals surface area contributed by atoms with Crippen LogP contribution in [-0.4, -0.2) is 17.9 Å². The maximum Gasteiger partial charge on any atom is 0.214 e. The van der Waals surface area contributed by atoms with Gasteiger partial charge in [-0.1, -0.05) is 6.07 Å². The summed E-state index contributed by atoms with van der Waals surface area (Å²) in [6.45, 7) is 0.602. The molecule has 1 heterocycles. The summed E-state index contributed by atoms with van der Waals surface area (Å²) in [4.78, 5) is 17.0. The first kappa shape index (κ1) is 12.1. The van der Waals surface area contributed by atoms with Gasteiger partial charge in [0.15, 0.2) is 0 Å². The number of amides is 1. The van der Waals surface area contributed by atoms with Crippen molar-refractivity contribution in [2.24, 2.45) is 0 Å². The van der Waals surface area contributed by atoms with E-state index < -0.39 is 0 Å². The number of rotatable bonds is 5. The number of nitrogens with zero attached hydrogens (tertiary/aromatic N) is 2. The van der Waals surface area contributed by atoms with Crippen LogP contribution < -0.4 is 10.6 Å². The van der Waals surface area contributed by atoms with E-state index in [0.717, 1.165) is 24.2 Å². The summed E-state index contributed by atoms with van der Waals surface area (Å²) in [6.07, 6.45) is 3.31. The third-order valence-electron chi connectivity index (χ3n) is 2.69. The topological polar surface area (TPSA) is 59.2 Å². The van der Waals surface area contributed by atoms with Gasteiger partial charge in [-0.3, -0.25) is 9.78 Å². The van der Waals surface area contributed by atoms with E-state index in [-0.39, 0.29) is 0 Å². The SMILES string of the molecule is Nc1ccc(N(C=O)CCc2ccccn2)cc1. The molecule has 1 aromatic heterocycles. The van der Waals surface area contributed by atoms with E-state index in [2.05, 4.69) is 4.98 Å². The van der Waals surface area contributed by atoms with Crippen molar-refractivity contribution >= 4 is 17.8 Å². The minimum atomic E-state index is 0.602. The zero-order valence-corrected chi connectivity index (χ0v) is 9.99. The van der Waals surface area contributed by atoms with Gasteiger partial charge in [-0.05, 0) is 36.4 Å². The lowest BCUT2D eigenvalue weighted by atomic mass is 10.2. The first-order valence-electron chi connectivity index (χ1n) is 5.77. The second-order valence-corrected chi connectivity index (χ2v) is 3.96. The summed E-state index contributed by atoms with van der Waals surface area (Å²) in [5, 5.41) is 0. The molecule has 92 valence electrons. The van der Waals surface area contributed by atoms with Crippen LogP contribution in [0, 0.1) is 0 Å². The molecule has 0 aliphatic heterocycles. The van der Waals surface area contributed by atoms with Gasteiger partial charge in [-0.25, -0.2) is 0 Å². The first-order valence-corrected chi connectivity index (χ1v) is 5.77. The minimum absolute atomic E-state index is 0.602. The van der Waals surface area contributed by atoms with Gasteiger partial charge >= 0.3 is 0 Å². The Balaban J connectivity index is 2.02. The number of anilines is 2. The third-order valence-corrected chi connectivity index (χ3v) is 2.69. The predicted molar refractivity (Wildman–Crippen MR) is 72.2 cm³/mol. The van der Waals surface area contributed by atoms with Crippen LogP contribution >= 0.6 is 0 Å². The maximum atomic E-state index is 11.1. The van der Waals surface area contributed by atoms with E-state index in [9.17, 15) is 4.79 Å². The Bertz CT molecular complexity index is 496. The largest absolute Gasteiger partial charge is 0.399 e. The Labute approximate surface area is 106 Å².